The minimum atomic E-state index is -0.246. The fraction of sp³-hybridized carbons (Fsp3) is 0.400. The summed E-state index contributed by atoms with van der Waals surface area (Å²) in [4.78, 5) is 14.4. The van der Waals surface area contributed by atoms with Crippen LogP contribution in [0.5, 0.6) is 0 Å². The predicted octanol–water partition coefficient (Wildman–Crippen LogP) is 3.23. The van der Waals surface area contributed by atoms with E-state index in [1.807, 2.05) is 25.1 Å². The molecule has 0 spiro atoms. The first-order valence-corrected chi connectivity index (χ1v) is 7.41. The molecule has 0 radical (unpaired) electrons. The molecular weight excluding hydrogens is 288 g/mol. The lowest BCUT2D eigenvalue weighted by Crippen LogP contribution is -2.41. The van der Waals surface area contributed by atoms with Gasteiger partial charge in [-0.05, 0) is 38.3 Å². The summed E-state index contributed by atoms with van der Waals surface area (Å²) in [5, 5.41) is 10.8. The first kappa shape index (κ1) is 15.5. The van der Waals surface area contributed by atoms with Crippen molar-refractivity contribution in [1.29, 1.82) is 5.41 Å². The first-order chi connectivity index (χ1) is 10.1. The molecule has 1 amide bonds. The molecule has 0 bridgehead atoms. The summed E-state index contributed by atoms with van der Waals surface area (Å²) >= 11 is 6.27. The highest BCUT2D eigenvalue weighted by Crippen LogP contribution is 2.26. The number of rotatable bonds is 4. The van der Waals surface area contributed by atoms with Crippen molar-refractivity contribution in [3.63, 3.8) is 0 Å². The summed E-state index contributed by atoms with van der Waals surface area (Å²) in [5.41, 5.74) is 4.74. The Morgan fingerprint density at radius 2 is 2.33 bits per heavy atom. The number of nitrogens with one attached hydrogen (secondary N) is 2. The molecule has 2 rings (SSSR count). The van der Waals surface area contributed by atoms with E-state index in [-0.39, 0.29) is 11.4 Å². The average molecular weight is 307 g/mol. The molecule has 21 heavy (non-hydrogen) atoms. The smallest absolute Gasteiger partial charge is 0.257 e. The maximum Gasteiger partial charge on any atom is 0.257 e. The molecule has 1 aromatic rings. The normalized spacial score (nSPS) is 18.8. The van der Waals surface area contributed by atoms with Gasteiger partial charge in [0.05, 0.1) is 17.5 Å². The third-order valence-electron chi connectivity index (χ3n) is 3.43. The van der Waals surface area contributed by atoms with Crippen molar-refractivity contribution >= 4 is 35.6 Å². The Bertz CT molecular complexity index is 559. The summed E-state index contributed by atoms with van der Waals surface area (Å²) in [7, 11) is 0. The summed E-state index contributed by atoms with van der Waals surface area (Å²) in [6, 6.07) is 5.56. The molecule has 2 N–H and O–H groups in total. The molecule has 0 aliphatic carbocycles. The molecule has 1 aromatic carbocycles. The fourth-order valence-corrected chi connectivity index (χ4v) is 2.69. The van der Waals surface area contributed by atoms with E-state index in [1.165, 1.54) is 6.21 Å². The Hall–Kier alpha value is -1.88. The third kappa shape index (κ3) is 3.82. The van der Waals surface area contributed by atoms with E-state index >= 15 is 0 Å². The van der Waals surface area contributed by atoms with E-state index in [0.717, 1.165) is 31.0 Å². The summed E-state index contributed by atoms with van der Waals surface area (Å²) in [6.07, 6.45) is 5.26. The minimum Gasteiger partial charge on any atom is -0.322 e. The molecule has 0 saturated carbocycles. The zero-order chi connectivity index (χ0) is 15.2. The quantitative estimate of drug-likeness (QED) is 0.388. The van der Waals surface area contributed by atoms with Gasteiger partial charge in [0.1, 0.15) is 5.50 Å². The highest BCUT2D eigenvalue weighted by molar-refractivity contribution is 6.22. The van der Waals surface area contributed by atoms with Crippen molar-refractivity contribution in [3.05, 3.63) is 29.3 Å². The van der Waals surface area contributed by atoms with E-state index in [9.17, 15) is 4.79 Å². The van der Waals surface area contributed by atoms with Crippen LogP contribution in [0.3, 0.4) is 0 Å². The third-order valence-corrected chi connectivity index (χ3v) is 3.88. The predicted molar refractivity (Wildman–Crippen MR) is 86.6 cm³/mol. The van der Waals surface area contributed by atoms with Crippen LogP contribution in [0.1, 0.15) is 35.2 Å². The second-order valence-electron chi connectivity index (χ2n) is 5.03. The van der Waals surface area contributed by atoms with Gasteiger partial charge in [0.15, 0.2) is 0 Å². The second-order valence-corrected chi connectivity index (χ2v) is 5.54. The van der Waals surface area contributed by atoms with Gasteiger partial charge < -0.3 is 10.3 Å². The molecule has 112 valence electrons. The van der Waals surface area contributed by atoms with Crippen LogP contribution in [0.25, 0.3) is 0 Å². The van der Waals surface area contributed by atoms with Crippen molar-refractivity contribution in [1.82, 2.24) is 4.90 Å². The Labute approximate surface area is 129 Å². The molecule has 1 atom stereocenters. The minimum absolute atomic E-state index is 0.0778. The van der Waals surface area contributed by atoms with E-state index in [0.29, 0.717) is 17.8 Å². The van der Waals surface area contributed by atoms with Crippen molar-refractivity contribution in [2.24, 2.45) is 5.10 Å². The zero-order valence-electron chi connectivity index (χ0n) is 12.0. The zero-order valence-corrected chi connectivity index (χ0v) is 12.7. The highest BCUT2D eigenvalue weighted by atomic mass is 35.5. The van der Waals surface area contributed by atoms with Gasteiger partial charge in [0.2, 0.25) is 0 Å². The molecule has 1 heterocycles. The average Bonchev–Trinajstić information content (AvgIpc) is 2.49. The van der Waals surface area contributed by atoms with E-state index in [4.69, 9.17) is 17.0 Å². The van der Waals surface area contributed by atoms with Gasteiger partial charge in [-0.15, -0.1) is 0 Å². The van der Waals surface area contributed by atoms with Crippen molar-refractivity contribution in [2.45, 2.75) is 31.7 Å². The molecule has 1 aliphatic heterocycles. The summed E-state index contributed by atoms with van der Waals surface area (Å²) in [5.74, 6) is -0.0778. The Kier molecular flexibility index (Phi) is 5.33. The Balaban J connectivity index is 2.27. The highest BCUT2D eigenvalue weighted by Gasteiger charge is 2.27. The van der Waals surface area contributed by atoms with Crippen LogP contribution in [-0.4, -0.2) is 35.3 Å². The molecule has 6 heteroatoms. The number of alkyl halides is 1. The van der Waals surface area contributed by atoms with Gasteiger partial charge in [-0.2, -0.15) is 5.10 Å². The molecule has 1 unspecified atom stereocenters. The van der Waals surface area contributed by atoms with Crippen LogP contribution in [0.2, 0.25) is 0 Å². The fourth-order valence-electron chi connectivity index (χ4n) is 2.35. The molecule has 5 nitrogen and oxygen atoms in total. The number of halogens is 1. The monoisotopic (exact) mass is 306 g/mol. The number of hydrazone groups is 1. The number of piperidine rings is 1. The molecular formula is C15H19ClN4O. The van der Waals surface area contributed by atoms with Crippen LogP contribution >= 0.6 is 11.6 Å². The number of carbonyl (C=O) groups excluding carboxylic acids is 1. The van der Waals surface area contributed by atoms with Crippen molar-refractivity contribution in [2.75, 3.05) is 12.0 Å². The first-order valence-electron chi connectivity index (χ1n) is 6.97. The molecule has 1 fully saturated rings. The largest absolute Gasteiger partial charge is 0.322 e. The van der Waals surface area contributed by atoms with E-state index < -0.39 is 0 Å². The van der Waals surface area contributed by atoms with Crippen LogP contribution < -0.4 is 5.43 Å². The number of hydrogen-bond donors (Lipinski definition) is 2. The number of likely N-dealkylation sites (tertiary alicyclic amines) is 1. The molecule has 1 saturated heterocycles. The van der Waals surface area contributed by atoms with Gasteiger partial charge in [-0.3, -0.25) is 10.2 Å². The Morgan fingerprint density at radius 3 is 3.05 bits per heavy atom. The molecule has 1 aliphatic rings. The number of carbonyl (C=O) groups is 1. The number of aryl methyl sites for hydroxylation is 1. The lowest BCUT2D eigenvalue weighted by molar-refractivity contribution is 0.0693. The SMILES string of the molecule is Cc1ccc(NN=CC=N)c(C(=O)N2CCCCC2Cl)c1. The second kappa shape index (κ2) is 7.22. The maximum atomic E-state index is 12.7. The van der Waals surface area contributed by atoms with E-state index in [2.05, 4.69) is 10.5 Å². The number of hydrogen-bond acceptors (Lipinski definition) is 4. The van der Waals surface area contributed by atoms with Crippen LogP contribution in [-0.2, 0) is 0 Å². The van der Waals surface area contributed by atoms with Gasteiger partial charge in [-0.1, -0.05) is 23.2 Å². The van der Waals surface area contributed by atoms with Crippen molar-refractivity contribution < 1.29 is 4.79 Å². The summed E-state index contributed by atoms with van der Waals surface area (Å²) in [6.45, 7) is 2.62. The van der Waals surface area contributed by atoms with Gasteiger partial charge in [-0.25, -0.2) is 0 Å². The maximum absolute atomic E-state index is 12.7. The van der Waals surface area contributed by atoms with Crippen LogP contribution in [0.4, 0.5) is 5.69 Å². The van der Waals surface area contributed by atoms with Crippen LogP contribution in [0, 0.1) is 12.3 Å². The van der Waals surface area contributed by atoms with Gasteiger partial charge in [0, 0.05) is 12.8 Å². The Morgan fingerprint density at radius 1 is 1.52 bits per heavy atom. The van der Waals surface area contributed by atoms with Gasteiger partial charge >= 0.3 is 0 Å². The lowest BCUT2D eigenvalue weighted by atomic mass is 10.1. The van der Waals surface area contributed by atoms with Gasteiger partial charge in [0.25, 0.3) is 5.91 Å². The molecule has 0 aromatic heterocycles. The topological polar surface area (TPSA) is 68.5 Å². The van der Waals surface area contributed by atoms with Crippen LogP contribution in [0.15, 0.2) is 23.3 Å². The number of amides is 1. The number of nitrogens with zero attached hydrogens (tertiary/aromatic N) is 2. The number of anilines is 1. The lowest BCUT2D eigenvalue weighted by Gasteiger charge is -2.32. The number of benzene rings is 1. The van der Waals surface area contributed by atoms with Crippen molar-refractivity contribution in [3.8, 4) is 0 Å². The summed E-state index contributed by atoms with van der Waals surface area (Å²) < 4.78 is 0. The van der Waals surface area contributed by atoms with E-state index in [1.54, 1.807) is 4.90 Å². The standard InChI is InChI=1S/C15H19ClN4O/c1-11-5-6-13(19-18-8-7-17)12(10-11)15(21)20-9-3-2-4-14(20)16/h5-8,10,14,17,19H,2-4,9H2,1H3.